The number of fused-ring (bicyclic) bond motifs is 1. The molecule has 2 aromatic rings. The minimum atomic E-state index is 1.01. The maximum Gasteiger partial charge on any atom is 0.134 e. The second-order valence-corrected chi connectivity index (χ2v) is 5.10. The van der Waals surface area contributed by atoms with E-state index in [1.54, 1.807) is 0 Å². The van der Waals surface area contributed by atoms with Gasteiger partial charge in [0.15, 0.2) is 0 Å². The Morgan fingerprint density at radius 2 is 2.06 bits per heavy atom. The normalized spacial score (nSPS) is 17.4. The summed E-state index contributed by atoms with van der Waals surface area (Å²) in [7, 11) is 0. The quantitative estimate of drug-likeness (QED) is 0.897. The Hall–Kier alpha value is -1.32. The molecule has 0 atom stereocenters. The zero-order chi connectivity index (χ0) is 12.4. The molecule has 1 saturated heterocycles. The van der Waals surface area contributed by atoms with E-state index in [-0.39, 0.29) is 0 Å². The molecule has 0 spiro atoms. The lowest BCUT2D eigenvalue weighted by Crippen LogP contribution is -2.44. The van der Waals surface area contributed by atoms with Gasteiger partial charge in [0, 0.05) is 44.5 Å². The van der Waals surface area contributed by atoms with Gasteiger partial charge in [0.1, 0.15) is 11.3 Å². The summed E-state index contributed by atoms with van der Waals surface area (Å²) in [5.41, 5.74) is 2.30. The fraction of sp³-hybridized carbons (Fsp3) is 0.467. The third-order valence-electron chi connectivity index (χ3n) is 3.61. The van der Waals surface area contributed by atoms with Crippen LogP contribution in [-0.4, -0.2) is 37.6 Å². The third kappa shape index (κ3) is 2.57. The summed E-state index contributed by atoms with van der Waals surface area (Å²) < 4.78 is 5.87. The van der Waals surface area contributed by atoms with Crippen LogP contribution in [0, 0.1) is 6.92 Å². The molecule has 3 rings (SSSR count). The van der Waals surface area contributed by atoms with Crippen molar-refractivity contribution >= 4 is 11.0 Å². The second kappa shape index (κ2) is 5.12. The van der Waals surface area contributed by atoms with Crippen molar-refractivity contribution in [1.82, 2.24) is 10.2 Å². The number of rotatable bonds is 3. The van der Waals surface area contributed by atoms with E-state index in [1.807, 2.05) is 0 Å². The summed E-state index contributed by atoms with van der Waals surface area (Å²) in [6.45, 7) is 7.74. The van der Waals surface area contributed by atoms with Gasteiger partial charge in [-0.25, -0.2) is 0 Å². The molecule has 0 aliphatic carbocycles. The number of nitrogens with one attached hydrogen (secondary N) is 1. The summed E-state index contributed by atoms with van der Waals surface area (Å²) in [5.74, 6) is 1.11. The van der Waals surface area contributed by atoms with Crippen molar-refractivity contribution < 1.29 is 4.42 Å². The average Bonchev–Trinajstić information content (AvgIpc) is 2.79. The molecule has 1 aromatic carbocycles. The van der Waals surface area contributed by atoms with Gasteiger partial charge in [-0.1, -0.05) is 11.6 Å². The van der Waals surface area contributed by atoms with E-state index < -0.39 is 0 Å². The van der Waals surface area contributed by atoms with Crippen molar-refractivity contribution in [3.05, 3.63) is 35.6 Å². The van der Waals surface area contributed by atoms with Crippen LogP contribution in [0.25, 0.3) is 11.0 Å². The van der Waals surface area contributed by atoms with Gasteiger partial charge in [-0.2, -0.15) is 0 Å². The van der Waals surface area contributed by atoms with Gasteiger partial charge >= 0.3 is 0 Å². The van der Waals surface area contributed by atoms with Crippen LogP contribution in [-0.2, 0) is 6.42 Å². The molecular weight excluding hydrogens is 224 g/mol. The zero-order valence-corrected chi connectivity index (χ0v) is 10.9. The van der Waals surface area contributed by atoms with E-state index in [0.717, 1.165) is 50.5 Å². The molecule has 0 saturated carbocycles. The summed E-state index contributed by atoms with van der Waals surface area (Å²) in [4.78, 5) is 2.49. The van der Waals surface area contributed by atoms with Crippen LogP contribution in [0.5, 0.6) is 0 Å². The van der Waals surface area contributed by atoms with E-state index in [9.17, 15) is 0 Å². The lowest BCUT2D eigenvalue weighted by Gasteiger charge is -2.26. The van der Waals surface area contributed by atoms with Gasteiger partial charge in [0.05, 0.1) is 0 Å². The Morgan fingerprint density at radius 1 is 1.22 bits per heavy atom. The van der Waals surface area contributed by atoms with Gasteiger partial charge in [0.2, 0.25) is 0 Å². The Morgan fingerprint density at radius 3 is 2.89 bits per heavy atom. The smallest absolute Gasteiger partial charge is 0.134 e. The molecule has 18 heavy (non-hydrogen) atoms. The molecule has 0 radical (unpaired) electrons. The maximum atomic E-state index is 5.87. The number of hydrogen-bond donors (Lipinski definition) is 1. The van der Waals surface area contributed by atoms with Crippen LogP contribution in [0.1, 0.15) is 11.3 Å². The van der Waals surface area contributed by atoms with Crippen LogP contribution in [0.4, 0.5) is 0 Å². The molecule has 1 aliphatic heterocycles. The molecule has 0 amide bonds. The minimum absolute atomic E-state index is 1.01. The molecule has 1 aromatic heterocycles. The number of piperazine rings is 1. The van der Waals surface area contributed by atoms with Crippen molar-refractivity contribution in [2.75, 3.05) is 32.7 Å². The highest BCUT2D eigenvalue weighted by molar-refractivity contribution is 5.78. The highest BCUT2D eigenvalue weighted by atomic mass is 16.3. The van der Waals surface area contributed by atoms with Crippen LogP contribution in [0.2, 0.25) is 0 Å². The lowest BCUT2D eigenvalue weighted by atomic mass is 10.2. The van der Waals surface area contributed by atoms with E-state index in [1.165, 1.54) is 10.9 Å². The Labute approximate surface area is 108 Å². The van der Waals surface area contributed by atoms with E-state index in [2.05, 4.69) is 41.4 Å². The number of aryl methyl sites for hydroxylation is 1. The van der Waals surface area contributed by atoms with Crippen molar-refractivity contribution in [3.8, 4) is 0 Å². The SMILES string of the molecule is Cc1ccc2oc(CCN3CCNCC3)cc2c1. The average molecular weight is 244 g/mol. The van der Waals surface area contributed by atoms with Gasteiger partial charge in [-0.15, -0.1) is 0 Å². The fourth-order valence-electron chi connectivity index (χ4n) is 2.54. The lowest BCUT2D eigenvalue weighted by molar-refractivity contribution is 0.239. The highest BCUT2D eigenvalue weighted by Gasteiger charge is 2.10. The molecule has 0 unspecified atom stereocenters. The number of furan rings is 1. The molecular formula is C15H20N2O. The van der Waals surface area contributed by atoms with Crippen molar-refractivity contribution in [3.63, 3.8) is 0 Å². The summed E-state index contributed by atoms with van der Waals surface area (Å²) in [5, 5.41) is 4.60. The number of nitrogens with zero attached hydrogens (tertiary/aromatic N) is 1. The molecule has 3 heteroatoms. The molecule has 0 bridgehead atoms. The van der Waals surface area contributed by atoms with Gasteiger partial charge in [-0.05, 0) is 25.1 Å². The highest BCUT2D eigenvalue weighted by Crippen LogP contribution is 2.21. The second-order valence-electron chi connectivity index (χ2n) is 5.10. The molecule has 1 fully saturated rings. The van der Waals surface area contributed by atoms with Crippen molar-refractivity contribution in [2.24, 2.45) is 0 Å². The van der Waals surface area contributed by atoms with E-state index in [4.69, 9.17) is 4.42 Å². The third-order valence-corrected chi connectivity index (χ3v) is 3.61. The van der Waals surface area contributed by atoms with Crippen LogP contribution in [0.3, 0.4) is 0 Å². The van der Waals surface area contributed by atoms with Crippen molar-refractivity contribution in [2.45, 2.75) is 13.3 Å². The van der Waals surface area contributed by atoms with E-state index in [0.29, 0.717) is 0 Å². The molecule has 1 aliphatic rings. The summed E-state index contributed by atoms with van der Waals surface area (Å²) in [6, 6.07) is 8.54. The van der Waals surface area contributed by atoms with Crippen LogP contribution in [0.15, 0.2) is 28.7 Å². The Kier molecular flexibility index (Phi) is 3.35. The Balaban J connectivity index is 1.67. The maximum absolute atomic E-state index is 5.87. The van der Waals surface area contributed by atoms with Crippen molar-refractivity contribution in [1.29, 1.82) is 0 Å². The number of benzene rings is 1. The first-order chi connectivity index (χ1) is 8.81. The molecule has 3 nitrogen and oxygen atoms in total. The monoisotopic (exact) mass is 244 g/mol. The molecule has 2 heterocycles. The van der Waals surface area contributed by atoms with Crippen LogP contribution < -0.4 is 5.32 Å². The predicted molar refractivity (Wildman–Crippen MR) is 74.0 cm³/mol. The number of hydrogen-bond acceptors (Lipinski definition) is 3. The van der Waals surface area contributed by atoms with E-state index >= 15 is 0 Å². The first-order valence-electron chi connectivity index (χ1n) is 6.73. The van der Waals surface area contributed by atoms with Gasteiger partial charge < -0.3 is 14.6 Å². The first-order valence-corrected chi connectivity index (χ1v) is 6.73. The largest absolute Gasteiger partial charge is 0.461 e. The molecule has 96 valence electrons. The fourth-order valence-corrected chi connectivity index (χ4v) is 2.54. The first kappa shape index (κ1) is 11.8. The topological polar surface area (TPSA) is 28.4 Å². The predicted octanol–water partition coefficient (Wildman–Crippen LogP) is 2.19. The van der Waals surface area contributed by atoms with Gasteiger partial charge in [0.25, 0.3) is 0 Å². The zero-order valence-electron chi connectivity index (χ0n) is 10.9. The van der Waals surface area contributed by atoms with Gasteiger partial charge in [-0.3, -0.25) is 0 Å². The molecule has 1 N–H and O–H groups in total. The summed E-state index contributed by atoms with van der Waals surface area (Å²) in [6.07, 6.45) is 1.01. The summed E-state index contributed by atoms with van der Waals surface area (Å²) >= 11 is 0. The Bertz CT molecular complexity index is 526. The minimum Gasteiger partial charge on any atom is -0.461 e. The van der Waals surface area contributed by atoms with Crippen LogP contribution >= 0.6 is 0 Å². The standard InChI is InChI=1S/C15H20N2O/c1-12-2-3-15-13(10-12)11-14(18-15)4-7-17-8-5-16-6-9-17/h2-3,10-11,16H,4-9H2,1H3.